The molecule has 112 valence electrons. The number of nitrogens with one attached hydrogen (secondary N) is 1. The van der Waals surface area contributed by atoms with E-state index in [1.54, 1.807) is 4.90 Å². The molecule has 0 radical (unpaired) electrons. The van der Waals surface area contributed by atoms with E-state index in [0.717, 1.165) is 39.0 Å². The van der Waals surface area contributed by atoms with Crippen molar-refractivity contribution in [3.05, 3.63) is 5.01 Å². The molecule has 0 unspecified atom stereocenters. The molecule has 0 bridgehead atoms. The minimum atomic E-state index is -0.0226. The van der Waals surface area contributed by atoms with E-state index in [1.165, 1.54) is 11.3 Å². The van der Waals surface area contributed by atoms with Crippen LogP contribution in [0.2, 0.25) is 0 Å². The van der Waals surface area contributed by atoms with E-state index in [9.17, 15) is 4.79 Å². The second kappa shape index (κ2) is 6.99. The number of hydrogen-bond donors (Lipinski definition) is 1. The molecule has 0 aromatic carbocycles. The molecule has 2 rings (SSSR count). The average molecular weight is 297 g/mol. The SMILES string of the molecule is CCNc1nnc(C(=O)N(C)CC2CCN(C)CC2)s1. The summed E-state index contributed by atoms with van der Waals surface area (Å²) < 4.78 is 0. The van der Waals surface area contributed by atoms with Crippen LogP contribution in [0.3, 0.4) is 0 Å². The van der Waals surface area contributed by atoms with Crippen molar-refractivity contribution in [2.75, 3.05) is 45.6 Å². The third-order valence-corrected chi connectivity index (χ3v) is 4.52. The van der Waals surface area contributed by atoms with Crippen LogP contribution in [0, 0.1) is 5.92 Å². The van der Waals surface area contributed by atoms with E-state index in [4.69, 9.17) is 0 Å². The lowest BCUT2D eigenvalue weighted by Crippen LogP contribution is -2.37. The third kappa shape index (κ3) is 3.89. The molecule has 1 aromatic rings. The lowest BCUT2D eigenvalue weighted by Gasteiger charge is -2.31. The number of aromatic nitrogens is 2. The molecule has 6 nitrogen and oxygen atoms in total. The monoisotopic (exact) mass is 297 g/mol. The number of hydrogen-bond acceptors (Lipinski definition) is 6. The van der Waals surface area contributed by atoms with Crippen LogP contribution in [0.25, 0.3) is 0 Å². The third-order valence-electron chi connectivity index (χ3n) is 3.65. The summed E-state index contributed by atoms with van der Waals surface area (Å²) in [4.78, 5) is 16.4. The van der Waals surface area contributed by atoms with Gasteiger partial charge in [-0.2, -0.15) is 0 Å². The van der Waals surface area contributed by atoms with Gasteiger partial charge in [0.05, 0.1) is 0 Å². The van der Waals surface area contributed by atoms with E-state index in [0.29, 0.717) is 16.1 Å². The fourth-order valence-electron chi connectivity index (χ4n) is 2.41. The van der Waals surface area contributed by atoms with E-state index < -0.39 is 0 Å². The van der Waals surface area contributed by atoms with Crippen LogP contribution in [0.1, 0.15) is 29.6 Å². The van der Waals surface area contributed by atoms with Gasteiger partial charge in [0.2, 0.25) is 10.1 Å². The van der Waals surface area contributed by atoms with Crippen molar-refractivity contribution in [3.63, 3.8) is 0 Å². The molecule has 1 N–H and O–H groups in total. The van der Waals surface area contributed by atoms with Crippen molar-refractivity contribution < 1.29 is 4.79 Å². The first-order valence-electron chi connectivity index (χ1n) is 7.11. The summed E-state index contributed by atoms with van der Waals surface area (Å²) in [5.74, 6) is 0.576. The lowest BCUT2D eigenvalue weighted by molar-refractivity contribution is 0.0746. The zero-order valence-electron chi connectivity index (χ0n) is 12.4. The van der Waals surface area contributed by atoms with Crippen LogP contribution in [-0.2, 0) is 0 Å². The van der Waals surface area contributed by atoms with Crippen LogP contribution in [0.4, 0.5) is 5.13 Å². The van der Waals surface area contributed by atoms with Crippen LogP contribution in [-0.4, -0.2) is 66.2 Å². The van der Waals surface area contributed by atoms with Gasteiger partial charge in [-0.1, -0.05) is 11.3 Å². The molecule has 1 fully saturated rings. The van der Waals surface area contributed by atoms with Gasteiger partial charge in [0.15, 0.2) is 0 Å². The maximum Gasteiger partial charge on any atom is 0.284 e. The number of likely N-dealkylation sites (tertiary alicyclic amines) is 1. The van der Waals surface area contributed by atoms with Crippen LogP contribution in [0.15, 0.2) is 0 Å². The molecule has 0 atom stereocenters. The molecule has 1 amide bonds. The summed E-state index contributed by atoms with van der Waals surface area (Å²) in [6, 6.07) is 0. The highest BCUT2D eigenvalue weighted by Gasteiger charge is 2.22. The van der Waals surface area contributed by atoms with E-state index in [2.05, 4.69) is 27.5 Å². The highest BCUT2D eigenvalue weighted by molar-refractivity contribution is 7.17. The van der Waals surface area contributed by atoms with Gasteiger partial charge < -0.3 is 15.1 Å². The van der Waals surface area contributed by atoms with E-state index >= 15 is 0 Å². The van der Waals surface area contributed by atoms with E-state index in [-0.39, 0.29) is 5.91 Å². The van der Waals surface area contributed by atoms with Gasteiger partial charge in [-0.15, -0.1) is 10.2 Å². The smallest absolute Gasteiger partial charge is 0.284 e. The Morgan fingerprint density at radius 2 is 2.15 bits per heavy atom. The Morgan fingerprint density at radius 3 is 2.80 bits per heavy atom. The van der Waals surface area contributed by atoms with Crippen molar-refractivity contribution >= 4 is 22.4 Å². The van der Waals surface area contributed by atoms with Crippen molar-refractivity contribution in [2.24, 2.45) is 5.92 Å². The molecule has 1 aliphatic rings. The highest BCUT2D eigenvalue weighted by Crippen LogP contribution is 2.20. The molecule has 1 aliphatic heterocycles. The van der Waals surface area contributed by atoms with Crippen LogP contribution < -0.4 is 5.32 Å². The minimum absolute atomic E-state index is 0.0226. The van der Waals surface area contributed by atoms with Crippen molar-refractivity contribution in [2.45, 2.75) is 19.8 Å². The standard InChI is InChI=1S/C13H23N5OS/c1-4-14-13-16-15-11(20-13)12(19)18(3)9-10-5-7-17(2)8-6-10/h10H,4-9H2,1-3H3,(H,14,16). The Hall–Kier alpha value is -1.21. The second-order valence-corrected chi connectivity index (χ2v) is 6.35. The quantitative estimate of drug-likeness (QED) is 0.890. The predicted octanol–water partition coefficient (Wildman–Crippen LogP) is 1.38. The van der Waals surface area contributed by atoms with Crippen molar-refractivity contribution in [1.29, 1.82) is 0 Å². The molecule has 7 heteroatoms. The van der Waals surface area contributed by atoms with Gasteiger partial charge in [-0.25, -0.2) is 0 Å². The van der Waals surface area contributed by atoms with Crippen LogP contribution >= 0.6 is 11.3 Å². The molecule has 1 saturated heterocycles. The maximum atomic E-state index is 12.3. The van der Waals surface area contributed by atoms with Gasteiger partial charge in [0.1, 0.15) is 0 Å². The number of piperidine rings is 1. The molecule has 0 aliphatic carbocycles. The normalized spacial score (nSPS) is 17.1. The number of amides is 1. The number of carbonyl (C=O) groups excluding carboxylic acids is 1. The summed E-state index contributed by atoms with van der Waals surface area (Å²) in [7, 11) is 4.00. The maximum absolute atomic E-state index is 12.3. The predicted molar refractivity (Wildman–Crippen MR) is 81.3 cm³/mol. The van der Waals surface area contributed by atoms with Gasteiger partial charge in [-0.05, 0) is 45.8 Å². The second-order valence-electron chi connectivity index (χ2n) is 5.38. The molecule has 0 saturated carbocycles. The summed E-state index contributed by atoms with van der Waals surface area (Å²) in [5.41, 5.74) is 0. The van der Waals surface area contributed by atoms with Gasteiger partial charge in [0.25, 0.3) is 5.91 Å². The number of anilines is 1. The molecule has 0 spiro atoms. The lowest BCUT2D eigenvalue weighted by atomic mass is 9.97. The molecule has 1 aromatic heterocycles. The number of rotatable bonds is 5. The molecule has 20 heavy (non-hydrogen) atoms. The zero-order valence-corrected chi connectivity index (χ0v) is 13.2. The first kappa shape index (κ1) is 15.2. The Labute approximate surface area is 124 Å². The van der Waals surface area contributed by atoms with Crippen LogP contribution in [0.5, 0.6) is 0 Å². The zero-order chi connectivity index (χ0) is 14.5. The van der Waals surface area contributed by atoms with Crippen molar-refractivity contribution in [3.8, 4) is 0 Å². The largest absolute Gasteiger partial charge is 0.360 e. The fourth-order valence-corrected chi connectivity index (χ4v) is 3.22. The summed E-state index contributed by atoms with van der Waals surface area (Å²) in [5, 5.41) is 12.2. The van der Waals surface area contributed by atoms with Gasteiger partial charge in [0, 0.05) is 20.1 Å². The highest BCUT2D eigenvalue weighted by atomic mass is 32.1. The summed E-state index contributed by atoms with van der Waals surface area (Å²) in [6.45, 7) is 5.83. The Balaban J connectivity index is 1.87. The van der Waals surface area contributed by atoms with E-state index in [1.807, 2.05) is 14.0 Å². The summed E-state index contributed by atoms with van der Waals surface area (Å²) >= 11 is 1.32. The molecular weight excluding hydrogens is 274 g/mol. The van der Waals surface area contributed by atoms with Crippen molar-refractivity contribution in [1.82, 2.24) is 20.0 Å². The number of nitrogens with zero attached hydrogens (tertiary/aromatic N) is 4. The van der Waals surface area contributed by atoms with Gasteiger partial charge >= 0.3 is 0 Å². The fraction of sp³-hybridized carbons (Fsp3) is 0.769. The Kier molecular flexibility index (Phi) is 5.31. The first-order chi connectivity index (χ1) is 9.60. The topological polar surface area (TPSA) is 61.4 Å². The molecule has 2 heterocycles. The molecular formula is C13H23N5OS. The Bertz CT molecular complexity index is 442. The Morgan fingerprint density at radius 1 is 1.45 bits per heavy atom. The minimum Gasteiger partial charge on any atom is -0.360 e. The average Bonchev–Trinajstić information content (AvgIpc) is 2.89. The summed E-state index contributed by atoms with van der Waals surface area (Å²) in [6.07, 6.45) is 2.32. The van der Waals surface area contributed by atoms with Gasteiger partial charge in [-0.3, -0.25) is 4.79 Å². The number of carbonyl (C=O) groups is 1. The first-order valence-corrected chi connectivity index (χ1v) is 7.93.